The molecule has 0 N–H and O–H groups in total. The molecule has 1 nitrogen and oxygen atoms in total. The maximum absolute atomic E-state index is 5.30. The van der Waals surface area contributed by atoms with Crippen LogP contribution in [-0.2, 0) is 4.74 Å². The lowest BCUT2D eigenvalue weighted by atomic mass is 9.69. The van der Waals surface area contributed by atoms with E-state index in [9.17, 15) is 0 Å². The third-order valence-electron chi connectivity index (χ3n) is 5.24. The van der Waals surface area contributed by atoms with Crippen LogP contribution in [0.2, 0.25) is 0 Å². The van der Waals surface area contributed by atoms with Crippen LogP contribution in [0.5, 0.6) is 0 Å². The van der Waals surface area contributed by atoms with Gasteiger partial charge in [-0.1, -0.05) is 12.2 Å². The van der Waals surface area contributed by atoms with Crippen LogP contribution in [0.25, 0.3) is 0 Å². The number of allylic oxidation sites excluding steroid dienone is 2. The van der Waals surface area contributed by atoms with E-state index < -0.39 is 0 Å². The first kappa shape index (κ1) is 14.1. The first-order valence-electron chi connectivity index (χ1n) is 7.95. The predicted octanol–water partition coefficient (Wildman–Crippen LogP) is 4.82. The second kappa shape index (κ2) is 7.33. The molecule has 0 aromatic carbocycles. The minimum absolute atomic E-state index is 0.852. The van der Waals surface area contributed by atoms with E-state index in [1.54, 1.807) is 0 Å². The molecule has 0 saturated heterocycles. The molecule has 0 radical (unpaired) electrons. The van der Waals surface area contributed by atoms with Crippen LogP contribution in [0.3, 0.4) is 0 Å². The summed E-state index contributed by atoms with van der Waals surface area (Å²) in [6, 6.07) is 0. The van der Waals surface area contributed by atoms with Crippen LogP contribution < -0.4 is 0 Å². The van der Waals surface area contributed by atoms with Crippen molar-refractivity contribution in [2.75, 3.05) is 13.7 Å². The molecule has 0 heterocycles. The van der Waals surface area contributed by atoms with Gasteiger partial charge in [0.2, 0.25) is 0 Å². The highest BCUT2D eigenvalue weighted by molar-refractivity contribution is 4.90. The molecule has 104 valence electrons. The van der Waals surface area contributed by atoms with Gasteiger partial charge in [-0.15, -0.1) is 0 Å². The monoisotopic (exact) mass is 250 g/mol. The number of methoxy groups -OCH3 is 1. The third-order valence-corrected chi connectivity index (χ3v) is 5.24. The smallest absolute Gasteiger partial charge is 0.0490 e. The SMILES string of the molecule is CC=C[C@H]1CC[C@H]([C@H]2CC[C@H](COC)CC2)CC1. The van der Waals surface area contributed by atoms with Crippen LogP contribution in [-0.4, -0.2) is 13.7 Å². The van der Waals surface area contributed by atoms with Gasteiger partial charge in [0, 0.05) is 13.7 Å². The fraction of sp³-hybridized carbons (Fsp3) is 0.882. The predicted molar refractivity (Wildman–Crippen MR) is 77.6 cm³/mol. The molecule has 0 amide bonds. The van der Waals surface area contributed by atoms with Crippen molar-refractivity contribution < 1.29 is 4.74 Å². The Labute approximate surface area is 113 Å². The van der Waals surface area contributed by atoms with Crippen LogP contribution in [0.4, 0.5) is 0 Å². The van der Waals surface area contributed by atoms with Crippen molar-refractivity contribution in [3.63, 3.8) is 0 Å². The summed E-state index contributed by atoms with van der Waals surface area (Å²) in [6.45, 7) is 3.14. The van der Waals surface area contributed by atoms with E-state index in [4.69, 9.17) is 4.74 Å². The Bertz CT molecular complexity index is 242. The van der Waals surface area contributed by atoms with Crippen LogP contribution >= 0.6 is 0 Å². The molecule has 2 saturated carbocycles. The molecule has 2 rings (SSSR count). The van der Waals surface area contributed by atoms with Gasteiger partial charge in [0.15, 0.2) is 0 Å². The number of rotatable bonds is 4. The van der Waals surface area contributed by atoms with Crippen LogP contribution in [0, 0.1) is 23.7 Å². The van der Waals surface area contributed by atoms with Gasteiger partial charge < -0.3 is 4.74 Å². The van der Waals surface area contributed by atoms with Crippen LogP contribution in [0.15, 0.2) is 12.2 Å². The number of hydrogen-bond acceptors (Lipinski definition) is 1. The summed E-state index contributed by atoms with van der Waals surface area (Å²) in [5, 5.41) is 0. The summed E-state index contributed by atoms with van der Waals surface area (Å²) >= 11 is 0. The quantitative estimate of drug-likeness (QED) is 0.650. The van der Waals surface area contributed by atoms with Gasteiger partial charge in [-0.25, -0.2) is 0 Å². The molecule has 2 aliphatic rings. The van der Waals surface area contributed by atoms with Crippen molar-refractivity contribution in [1.82, 2.24) is 0 Å². The van der Waals surface area contributed by atoms with E-state index in [2.05, 4.69) is 19.1 Å². The summed E-state index contributed by atoms with van der Waals surface area (Å²) in [5.41, 5.74) is 0. The molecule has 0 aliphatic heterocycles. The Morgan fingerprint density at radius 3 is 1.94 bits per heavy atom. The van der Waals surface area contributed by atoms with Crippen molar-refractivity contribution in [2.45, 2.75) is 58.3 Å². The van der Waals surface area contributed by atoms with Crippen molar-refractivity contribution >= 4 is 0 Å². The normalized spacial score (nSPS) is 38.1. The Balaban J connectivity index is 1.71. The maximum atomic E-state index is 5.30. The second-order valence-electron chi connectivity index (χ2n) is 6.44. The standard InChI is InChI=1S/C17H30O/c1-3-4-14-5-9-16(10-6-14)17-11-7-15(8-12-17)13-18-2/h3-4,14-17H,5-13H2,1-2H3/t14-,15-,16-,17-. The van der Waals surface area contributed by atoms with Gasteiger partial charge >= 0.3 is 0 Å². The summed E-state index contributed by atoms with van der Waals surface area (Å²) in [5.74, 6) is 3.81. The summed E-state index contributed by atoms with van der Waals surface area (Å²) in [7, 11) is 1.84. The van der Waals surface area contributed by atoms with Gasteiger partial charge in [-0.2, -0.15) is 0 Å². The van der Waals surface area contributed by atoms with Gasteiger partial charge in [-0.05, 0) is 82.0 Å². The highest BCUT2D eigenvalue weighted by atomic mass is 16.5. The molecular weight excluding hydrogens is 220 g/mol. The van der Waals surface area contributed by atoms with Crippen molar-refractivity contribution in [1.29, 1.82) is 0 Å². The Kier molecular flexibility index (Phi) is 5.75. The zero-order chi connectivity index (χ0) is 12.8. The van der Waals surface area contributed by atoms with Crippen molar-refractivity contribution in [3.8, 4) is 0 Å². The first-order chi connectivity index (χ1) is 8.83. The molecule has 2 fully saturated rings. The zero-order valence-electron chi connectivity index (χ0n) is 12.2. The number of hydrogen-bond donors (Lipinski definition) is 0. The lowest BCUT2D eigenvalue weighted by molar-refractivity contribution is 0.0957. The van der Waals surface area contributed by atoms with E-state index in [0.717, 1.165) is 30.3 Å². The molecule has 0 aromatic rings. The highest BCUT2D eigenvalue weighted by Gasteiger charge is 2.30. The Morgan fingerprint density at radius 2 is 1.44 bits per heavy atom. The average Bonchev–Trinajstić information content (AvgIpc) is 2.41. The van der Waals surface area contributed by atoms with Gasteiger partial charge in [0.05, 0.1) is 0 Å². The van der Waals surface area contributed by atoms with Crippen LogP contribution in [0.1, 0.15) is 58.3 Å². The summed E-state index contributed by atoms with van der Waals surface area (Å²) in [6.07, 6.45) is 16.2. The van der Waals surface area contributed by atoms with E-state index in [-0.39, 0.29) is 0 Å². The minimum atomic E-state index is 0.852. The van der Waals surface area contributed by atoms with E-state index in [1.165, 1.54) is 51.4 Å². The highest BCUT2D eigenvalue weighted by Crippen LogP contribution is 2.41. The fourth-order valence-corrected chi connectivity index (χ4v) is 4.14. The molecular formula is C17H30O. The Morgan fingerprint density at radius 1 is 0.889 bits per heavy atom. The van der Waals surface area contributed by atoms with Gasteiger partial charge in [0.25, 0.3) is 0 Å². The van der Waals surface area contributed by atoms with Crippen molar-refractivity contribution in [3.05, 3.63) is 12.2 Å². The third kappa shape index (κ3) is 3.85. The maximum Gasteiger partial charge on any atom is 0.0490 e. The molecule has 0 aromatic heterocycles. The lowest BCUT2D eigenvalue weighted by Gasteiger charge is -2.37. The van der Waals surface area contributed by atoms with Gasteiger partial charge in [0.1, 0.15) is 0 Å². The first-order valence-corrected chi connectivity index (χ1v) is 7.95. The van der Waals surface area contributed by atoms with Crippen molar-refractivity contribution in [2.24, 2.45) is 23.7 Å². The summed E-state index contributed by atoms with van der Waals surface area (Å²) < 4.78 is 5.30. The molecule has 18 heavy (non-hydrogen) atoms. The molecule has 0 bridgehead atoms. The zero-order valence-corrected chi connectivity index (χ0v) is 12.2. The number of ether oxygens (including phenoxy) is 1. The largest absolute Gasteiger partial charge is 0.384 e. The minimum Gasteiger partial charge on any atom is -0.384 e. The second-order valence-corrected chi connectivity index (χ2v) is 6.44. The average molecular weight is 250 g/mol. The van der Waals surface area contributed by atoms with E-state index in [1.807, 2.05) is 7.11 Å². The molecule has 2 aliphatic carbocycles. The molecule has 0 spiro atoms. The topological polar surface area (TPSA) is 9.23 Å². The summed E-state index contributed by atoms with van der Waals surface area (Å²) in [4.78, 5) is 0. The van der Waals surface area contributed by atoms with E-state index in [0.29, 0.717) is 0 Å². The van der Waals surface area contributed by atoms with E-state index >= 15 is 0 Å². The molecule has 1 heteroatoms. The lowest BCUT2D eigenvalue weighted by Crippen LogP contribution is -2.26. The Hall–Kier alpha value is -0.300. The van der Waals surface area contributed by atoms with Gasteiger partial charge in [-0.3, -0.25) is 0 Å². The molecule has 0 atom stereocenters. The molecule has 0 unspecified atom stereocenters. The fourth-order valence-electron chi connectivity index (χ4n) is 4.14.